The molecule has 90 valence electrons. The second kappa shape index (κ2) is 4.85. The van der Waals surface area contributed by atoms with E-state index in [4.69, 9.17) is 0 Å². The van der Waals surface area contributed by atoms with E-state index < -0.39 is 0 Å². The summed E-state index contributed by atoms with van der Waals surface area (Å²) in [6, 6.07) is 0. The number of hydrogen-bond donors (Lipinski definition) is 1. The highest BCUT2D eigenvalue weighted by atomic mass is 16.2. The molecule has 0 radical (unpaired) electrons. The molecule has 1 unspecified atom stereocenters. The smallest absolute Gasteiger partial charge is 0.227 e. The van der Waals surface area contributed by atoms with Gasteiger partial charge in [0.2, 0.25) is 11.8 Å². The van der Waals surface area contributed by atoms with E-state index in [1.54, 1.807) is 0 Å². The number of rotatable bonds is 4. The molecule has 1 aliphatic heterocycles. The Labute approximate surface area is 96.4 Å². The third-order valence-corrected chi connectivity index (χ3v) is 3.48. The van der Waals surface area contributed by atoms with E-state index in [9.17, 15) is 9.59 Å². The molecule has 1 saturated heterocycles. The van der Waals surface area contributed by atoms with Gasteiger partial charge in [-0.05, 0) is 32.1 Å². The zero-order chi connectivity index (χ0) is 11.5. The standard InChI is InChI=1S/C12H20N2O2/c1-2-14(8-9-3-4-9)12(16)10-5-6-11(15)13-7-10/h9-10H,2-8H2,1H3,(H,13,15). The second-order valence-electron chi connectivity index (χ2n) is 4.86. The van der Waals surface area contributed by atoms with Crippen molar-refractivity contribution in [2.45, 2.75) is 32.6 Å². The monoisotopic (exact) mass is 224 g/mol. The molecule has 1 saturated carbocycles. The minimum Gasteiger partial charge on any atom is -0.355 e. The van der Waals surface area contributed by atoms with Crippen molar-refractivity contribution in [2.24, 2.45) is 11.8 Å². The van der Waals surface area contributed by atoms with Gasteiger partial charge in [-0.3, -0.25) is 9.59 Å². The lowest BCUT2D eigenvalue weighted by atomic mass is 9.97. The third kappa shape index (κ3) is 2.74. The maximum atomic E-state index is 12.2. The molecule has 4 nitrogen and oxygen atoms in total. The Bertz CT molecular complexity index is 277. The van der Waals surface area contributed by atoms with E-state index in [1.165, 1.54) is 12.8 Å². The molecule has 0 spiro atoms. The predicted molar refractivity (Wildman–Crippen MR) is 60.7 cm³/mol. The first-order valence-electron chi connectivity index (χ1n) is 6.26. The molecule has 2 amide bonds. The zero-order valence-electron chi connectivity index (χ0n) is 9.87. The number of carbonyl (C=O) groups is 2. The fourth-order valence-electron chi connectivity index (χ4n) is 2.19. The van der Waals surface area contributed by atoms with Gasteiger partial charge in [-0.2, -0.15) is 0 Å². The molecule has 1 heterocycles. The number of nitrogens with one attached hydrogen (secondary N) is 1. The topological polar surface area (TPSA) is 49.4 Å². The van der Waals surface area contributed by atoms with Crippen LogP contribution in [0.1, 0.15) is 32.6 Å². The first kappa shape index (κ1) is 11.4. The molecule has 2 aliphatic rings. The van der Waals surface area contributed by atoms with Crippen molar-refractivity contribution in [1.29, 1.82) is 0 Å². The van der Waals surface area contributed by atoms with E-state index >= 15 is 0 Å². The second-order valence-corrected chi connectivity index (χ2v) is 4.86. The number of carbonyl (C=O) groups excluding carboxylic acids is 2. The molecule has 1 N–H and O–H groups in total. The summed E-state index contributed by atoms with van der Waals surface area (Å²) in [6.07, 6.45) is 3.75. The van der Waals surface area contributed by atoms with Crippen LogP contribution in [0, 0.1) is 11.8 Å². The lowest BCUT2D eigenvalue weighted by Gasteiger charge is -2.28. The van der Waals surface area contributed by atoms with E-state index in [2.05, 4.69) is 5.32 Å². The van der Waals surface area contributed by atoms with Crippen LogP contribution < -0.4 is 5.32 Å². The lowest BCUT2D eigenvalue weighted by Crippen LogP contribution is -2.45. The van der Waals surface area contributed by atoms with Gasteiger partial charge < -0.3 is 10.2 Å². The van der Waals surface area contributed by atoms with Gasteiger partial charge in [0, 0.05) is 26.1 Å². The maximum Gasteiger partial charge on any atom is 0.227 e. The molecule has 16 heavy (non-hydrogen) atoms. The average molecular weight is 224 g/mol. The minimum atomic E-state index is 0.0106. The van der Waals surface area contributed by atoms with Crippen LogP contribution in [0.4, 0.5) is 0 Å². The van der Waals surface area contributed by atoms with Crippen LogP contribution in [0.3, 0.4) is 0 Å². The summed E-state index contributed by atoms with van der Waals surface area (Å²) in [4.78, 5) is 25.2. The van der Waals surface area contributed by atoms with Crippen LogP contribution in [-0.2, 0) is 9.59 Å². The van der Waals surface area contributed by atoms with E-state index in [0.717, 1.165) is 19.0 Å². The molecule has 4 heteroatoms. The summed E-state index contributed by atoms with van der Waals surface area (Å²) in [5.74, 6) is 1.06. The molecular formula is C12H20N2O2. The van der Waals surface area contributed by atoms with Crippen LogP contribution in [0.5, 0.6) is 0 Å². The zero-order valence-corrected chi connectivity index (χ0v) is 9.87. The summed E-state index contributed by atoms with van der Waals surface area (Å²) in [5, 5.41) is 2.77. The van der Waals surface area contributed by atoms with Crippen molar-refractivity contribution in [1.82, 2.24) is 10.2 Å². The van der Waals surface area contributed by atoms with Crippen molar-refractivity contribution in [3.8, 4) is 0 Å². The third-order valence-electron chi connectivity index (χ3n) is 3.48. The summed E-state index contributed by atoms with van der Waals surface area (Å²) in [7, 11) is 0. The predicted octanol–water partition coefficient (Wildman–Crippen LogP) is 0.771. The van der Waals surface area contributed by atoms with Gasteiger partial charge in [0.1, 0.15) is 0 Å². The summed E-state index contributed by atoms with van der Waals surface area (Å²) < 4.78 is 0. The van der Waals surface area contributed by atoms with Gasteiger partial charge in [0.15, 0.2) is 0 Å². The van der Waals surface area contributed by atoms with Crippen LogP contribution >= 0.6 is 0 Å². The number of piperidine rings is 1. The Morgan fingerprint density at radius 1 is 1.44 bits per heavy atom. The van der Waals surface area contributed by atoms with Crippen molar-refractivity contribution in [2.75, 3.05) is 19.6 Å². The van der Waals surface area contributed by atoms with Gasteiger partial charge in [0.05, 0.1) is 5.92 Å². The highest BCUT2D eigenvalue weighted by molar-refractivity contribution is 5.83. The summed E-state index contributed by atoms with van der Waals surface area (Å²) in [5.41, 5.74) is 0. The van der Waals surface area contributed by atoms with Crippen LogP contribution in [-0.4, -0.2) is 36.3 Å². The normalized spacial score (nSPS) is 25.1. The first-order valence-corrected chi connectivity index (χ1v) is 6.26. The Kier molecular flexibility index (Phi) is 3.46. The van der Waals surface area contributed by atoms with Gasteiger partial charge in [-0.15, -0.1) is 0 Å². The van der Waals surface area contributed by atoms with E-state index in [-0.39, 0.29) is 17.7 Å². The molecule has 2 rings (SSSR count). The van der Waals surface area contributed by atoms with Crippen molar-refractivity contribution >= 4 is 11.8 Å². The number of amides is 2. The summed E-state index contributed by atoms with van der Waals surface area (Å²) in [6.45, 7) is 4.26. The highest BCUT2D eigenvalue weighted by Crippen LogP contribution is 2.30. The molecule has 2 fully saturated rings. The van der Waals surface area contributed by atoms with Gasteiger partial charge in [-0.25, -0.2) is 0 Å². The molecule has 0 bridgehead atoms. The molecule has 0 aromatic rings. The van der Waals surface area contributed by atoms with Gasteiger partial charge in [0.25, 0.3) is 0 Å². The average Bonchev–Trinajstić information content (AvgIpc) is 3.10. The molecule has 0 aromatic carbocycles. The Morgan fingerprint density at radius 3 is 2.69 bits per heavy atom. The van der Waals surface area contributed by atoms with Crippen molar-refractivity contribution in [3.63, 3.8) is 0 Å². The van der Waals surface area contributed by atoms with Gasteiger partial charge >= 0.3 is 0 Å². The maximum absolute atomic E-state index is 12.2. The fourth-order valence-corrected chi connectivity index (χ4v) is 2.19. The van der Waals surface area contributed by atoms with Crippen molar-refractivity contribution < 1.29 is 9.59 Å². The largest absolute Gasteiger partial charge is 0.355 e. The van der Waals surface area contributed by atoms with Crippen LogP contribution in [0.25, 0.3) is 0 Å². The highest BCUT2D eigenvalue weighted by Gasteiger charge is 2.31. The number of nitrogens with zero attached hydrogens (tertiary/aromatic N) is 1. The summed E-state index contributed by atoms with van der Waals surface area (Å²) >= 11 is 0. The van der Waals surface area contributed by atoms with E-state index in [1.807, 2.05) is 11.8 Å². The Balaban J connectivity index is 1.85. The molecule has 1 atom stereocenters. The van der Waals surface area contributed by atoms with Crippen molar-refractivity contribution in [3.05, 3.63) is 0 Å². The molecule has 0 aromatic heterocycles. The Morgan fingerprint density at radius 2 is 2.19 bits per heavy atom. The Hall–Kier alpha value is -1.06. The minimum absolute atomic E-state index is 0.0106. The lowest BCUT2D eigenvalue weighted by molar-refractivity contribution is -0.137. The first-order chi connectivity index (χ1) is 7.70. The van der Waals surface area contributed by atoms with E-state index in [0.29, 0.717) is 19.4 Å². The molecule has 1 aliphatic carbocycles. The van der Waals surface area contributed by atoms with Crippen LogP contribution in [0.15, 0.2) is 0 Å². The molecular weight excluding hydrogens is 204 g/mol. The quantitative estimate of drug-likeness (QED) is 0.767. The van der Waals surface area contributed by atoms with Crippen LogP contribution in [0.2, 0.25) is 0 Å². The number of hydrogen-bond acceptors (Lipinski definition) is 2. The SMILES string of the molecule is CCN(CC1CC1)C(=O)C1CCC(=O)NC1. The fraction of sp³-hybridized carbons (Fsp3) is 0.833. The van der Waals surface area contributed by atoms with Gasteiger partial charge in [-0.1, -0.05) is 0 Å².